The number of ether oxygens (including phenoxy) is 3. The van der Waals surface area contributed by atoms with E-state index in [9.17, 15) is 0 Å². The van der Waals surface area contributed by atoms with E-state index in [1.807, 2.05) is 11.3 Å². The summed E-state index contributed by atoms with van der Waals surface area (Å²) in [7, 11) is 9.52. The molecule has 144 valence electrons. The summed E-state index contributed by atoms with van der Waals surface area (Å²) in [6.45, 7) is 4.54. The highest BCUT2D eigenvalue weighted by Gasteiger charge is 2.47. The second kappa shape index (κ2) is 8.31. The molecule has 1 aromatic heterocycles. The van der Waals surface area contributed by atoms with Crippen molar-refractivity contribution < 1.29 is 14.2 Å². The second-order valence-electron chi connectivity index (χ2n) is 6.95. The van der Waals surface area contributed by atoms with E-state index in [0.29, 0.717) is 21.7 Å². The minimum absolute atomic E-state index is 0.00642. The zero-order valence-electron chi connectivity index (χ0n) is 17.1. The van der Waals surface area contributed by atoms with Crippen LogP contribution in [0, 0.1) is 0 Å². The van der Waals surface area contributed by atoms with Crippen LogP contribution in [0.15, 0.2) is 29.6 Å². The first kappa shape index (κ1) is 20.6. The summed E-state index contributed by atoms with van der Waals surface area (Å²) >= 11 is 1.84. The first-order valence-corrected chi connectivity index (χ1v) is 9.98. The molecule has 1 unspecified atom stereocenters. The summed E-state index contributed by atoms with van der Waals surface area (Å²) in [6.07, 6.45) is 3.27. The van der Waals surface area contributed by atoms with Crippen molar-refractivity contribution >= 4 is 17.0 Å². The van der Waals surface area contributed by atoms with Gasteiger partial charge < -0.3 is 14.2 Å². The molecule has 0 saturated carbocycles. The summed E-state index contributed by atoms with van der Waals surface area (Å²) in [5.41, 5.74) is 1.14. The highest BCUT2D eigenvalue weighted by atomic mass is 32.1. The van der Waals surface area contributed by atoms with E-state index in [4.69, 9.17) is 14.2 Å². The van der Waals surface area contributed by atoms with E-state index in [2.05, 4.69) is 57.6 Å². The SMILES string of the molecule is CCCC(CC)(c1cccs1)[N+](C)(C)c1cc(OC)c(OC)c(OC)c1. The fraction of sp³-hybridized carbons (Fsp3) is 0.524. The van der Waals surface area contributed by atoms with Gasteiger partial charge in [-0.2, -0.15) is 0 Å². The zero-order chi connectivity index (χ0) is 19.4. The third-order valence-electron chi connectivity index (χ3n) is 5.59. The molecule has 0 radical (unpaired) electrons. The normalized spacial score (nSPS) is 14.0. The average molecular weight is 379 g/mol. The van der Waals surface area contributed by atoms with Gasteiger partial charge in [-0.25, -0.2) is 0 Å². The Morgan fingerprint density at radius 3 is 2.00 bits per heavy atom. The quantitative estimate of drug-likeness (QED) is 0.543. The van der Waals surface area contributed by atoms with E-state index in [0.717, 1.165) is 24.9 Å². The van der Waals surface area contributed by atoms with Crippen LogP contribution in [0.5, 0.6) is 17.2 Å². The Bertz CT molecular complexity index is 687. The molecule has 2 rings (SSSR count). The lowest BCUT2D eigenvalue weighted by Gasteiger charge is -2.48. The van der Waals surface area contributed by atoms with Crippen LogP contribution in [0.4, 0.5) is 5.69 Å². The monoisotopic (exact) mass is 378 g/mol. The Morgan fingerprint density at radius 1 is 1.00 bits per heavy atom. The van der Waals surface area contributed by atoms with Crippen molar-refractivity contribution in [2.24, 2.45) is 0 Å². The molecule has 5 heteroatoms. The fourth-order valence-electron chi connectivity index (χ4n) is 4.02. The Morgan fingerprint density at radius 2 is 1.62 bits per heavy atom. The molecule has 0 saturated heterocycles. The standard InChI is InChI=1S/C21H32NO3S/c1-8-12-21(9-2,19-11-10-13-26-19)22(3,4)16-14-17(23-5)20(25-7)18(15-16)24-6/h10-11,13-15H,8-9,12H2,1-7H3/q+1. The van der Waals surface area contributed by atoms with Gasteiger partial charge in [-0.05, 0) is 17.9 Å². The summed E-state index contributed by atoms with van der Waals surface area (Å²) in [4.78, 5) is 1.42. The van der Waals surface area contributed by atoms with Crippen LogP contribution in [0.3, 0.4) is 0 Å². The number of thiophene rings is 1. The maximum absolute atomic E-state index is 5.60. The first-order chi connectivity index (χ1) is 12.4. The molecule has 0 N–H and O–H groups in total. The van der Waals surface area contributed by atoms with Gasteiger partial charge in [-0.15, -0.1) is 11.3 Å². The van der Waals surface area contributed by atoms with Gasteiger partial charge in [0.1, 0.15) is 11.2 Å². The Labute approximate surface area is 161 Å². The average Bonchev–Trinajstić information content (AvgIpc) is 3.19. The van der Waals surface area contributed by atoms with E-state index in [-0.39, 0.29) is 5.54 Å². The van der Waals surface area contributed by atoms with Crippen molar-refractivity contribution in [3.63, 3.8) is 0 Å². The fourth-order valence-corrected chi connectivity index (χ4v) is 5.17. The topological polar surface area (TPSA) is 27.7 Å². The largest absolute Gasteiger partial charge is 0.492 e. The van der Waals surface area contributed by atoms with Crippen LogP contribution >= 0.6 is 11.3 Å². The number of hydrogen-bond donors (Lipinski definition) is 0. The molecule has 0 amide bonds. The highest BCUT2D eigenvalue weighted by Crippen LogP contribution is 2.49. The smallest absolute Gasteiger partial charge is 0.203 e. The molecule has 2 aromatic rings. The Kier molecular flexibility index (Phi) is 6.58. The van der Waals surface area contributed by atoms with Crippen molar-refractivity contribution in [1.82, 2.24) is 4.48 Å². The van der Waals surface area contributed by atoms with E-state index in [1.54, 1.807) is 21.3 Å². The lowest BCUT2D eigenvalue weighted by atomic mass is 9.84. The maximum atomic E-state index is 5.60. The molecule has 0 bridgehead atoms. The van der Waals surface area contributed by atoms with E-state index < -0.39 is 0 Å². The number of benzene rings is 1. The van der Waals surface area contributed by atoms with Gasteiger partial charge in [-0.1, -0.05) is 19.9 Å². The van der Waals surface area contributed by atoms with Crippen molar-refractivity contribution in [2.45, 2.75) is 38.6 Å². The predicted octanol–water partition coefficient (Wildman–Crippen LogP) is 5.45. The van der Waals surface area contributed by atoms with Gasteiger partial charge in [-0.3, -0.25) is 4.48 Å². The molecule has 4 nitrogen and oxygen atoms in total. The van der Waals surface area contributed by atoms with Crippen molar-refractivity contribution in [3.05, 3.63) is 34.5 Å². The van der Waals surface area contributed by atoms with Gasteiger partial charge in [0.25, 0.3) is 0 Å². The third-order valence-corrected chi connectivity index (χ3v) is 6.66. The van der Waals surface area contributed by atoms with Gasteiger partial charge in [0, 0.05) is 25.0 Å². The van der Waals surface area contributed by atoms with Crippen molar-refractivity contribution in [1.29, 1.82) is 0 Å². The van der Waals surface area contributed by atoms with Gasteiger partial charge in [0.05, 0.1) is 40.3 Å². The van der Waals surface area contributed by atoms with Crippen LogP contribution in [-0.4, -0.2) is 35.4 Å². The van der Waals surface area contributed by atoms with Crippen molar-refractivity contribution in [3.8, 4) is 17.2 Å². The van der Waals surface area contributed by atoms with Crippen molar-refractivity contribution in [2.75, 3.05) is 35.4 Å². The molecular weight excluding hydrogens is 346 g/mol. The minimum Gasteiger partial charge on any atom is -0.492 e. The van der Waals surface area contributed by atoms with Crippen LogP contribution in [-0.2, 0) is 5.54 Å². The molecule has 0 fully saturated rings. The molecule has 1 aromatic carbocycles. The molecule has 26 heavy (non-hydrogen) atoms. The molecule has 0 spiro atoms. The van der Waals surface area contributed by atoms with E-state index >= 15 is 0 Å². The van der Waals surface area contributed by atoms with Gasteiger partial charge in [0.2, 0.25) is 5.75 Å². The summed E-state index contributed by atoms with van der Waals surface area (Å²) in [5, 5.41) is 2.17. The minimum atomic E-state index is -0.00642. The molecule has 1 heterocycles. The zero-order valence-corrected chi connectivity index (χ0v) is 17.9. The number of hydrogen-bond acceptors (Lipinski definition) is 4. The maximum Gasteiger partial charge on any atom is 0.203 e. The van der Waals surface area contributed by atoms with Crippen LogP contribution in [0.25, 0.3) is 0 Å². The predicted molar refractivity (Wildman–Crippen MR) is 111 cm³/mol. The summed E-state index contributed by atoms with van der Waals surface area (Å²) < 4.78 is 17.4. The highest BCUT2D eigenvalue weighted by molar-refractivity contribution is 7.10. The third kappa shape index (κ3) is 3.30. The molecule has 0 aliphatic heterocycles. The number of rotatable bonds is 9. The van der Waals surface area contributed by atoms with Crippen LogP contribution < -0.4 is 18.7 Å². The van der Waals surface area contributed by atoms with Crippen LogP contribution in [0.1, 0.15) is 38.0 Å². The van der Waals surface area contributed by atoms with Crippen LogP contribution in [0.2, 0.25) is 0 Å². The van der Waals surface area contributed by atoms with E-state index in [1.165, 1.54) is 4.88 Å². The molecule has 0 aliphatic carbocycles. The van der Waals surface area contributed by atoms with Gasteiger partial charge >= 0.3 is 0 Å². The van der Waals surface area contributed by atoms with Gasteiger partial charge in [0.15, 0.2) is 11.5 Å². The molecular formula is C21H32NO3S+. The second-order valence-corrected chi connectivity index (χ2v) is 7.90. The lowest BCUT2D eigenvalue weighted by molar-refractivity contribution is 0.137. The lowest BCUT2D eigenvalue weighted by Crippen LogP contribution is -2.58. The Balaban J connectivity index is 2.70. The number of methoxy groups -OCH3 is 3. The first-order valence-electron chi connectivity index (χ1n) is 9.10. The molecule has 0 aliphatic rings. The Hall–Kier alpha value is -1.72. The number of quaternary nitrogens is 1. The summed E-state index contributed by atoms with van der Waals surface area (Å²) in [5.74, 6) is 2.02. The number of nitrogens with zero attached hydrogens (tertiary/aromatic N) is 1. The molecule has 1 atom stereocenters. The summed E-state index contributed by atoms with van der Waals surface area (Å²) in [6, 6.07) is 8.57.